The molecule has 21 heavy (non-hydrogen) atoms. The monoisotopic (exact) mass is 289 g/mol. The molecule has 2 amide bonds. The normalized spacial score (nSPS) is 18.3. The molecular formula is C16H23N3O2. The molecule has 0 radical (unpaired) electrons. The molecule has 1 aromatic rings. The van der Waals surface area contributed by atoms with Crippen LogP contribution in [0.1, 0.15) is 31.9 Å². The van der Waals surface area contributed by atoms with Gasteiger partial charge in [0.25, 0.3) is 0 Å². The fourth-order valence-corrected chi connectivity index (χ4v) is 2.60. The van der Waals surface area contributed by atoms with Crippen LogP contribution in [0.25, 0.3) is 0 Å². The van der Waals surface area contributed by atoms with Gasteiger partial charge in [0, 0.05) is 25.3 Å². The summed E-state index contributed by atoms with van der Waals surface area (Å²) in [6, 6.07) is 6.75. The van der Waals surface area contributed by atoms with Gasteiger partial charge in [0.05, 0.1) is 6.04 Å². The van der Waals surface area contributed by atoms with Crippen molar-refractivity contribution in [2.75, 3.05) is 19.4 Å². The van der Waals surface area contributed by atoms with E-state index in [1.165, 1.54) is 0 Å². The zero-order valence-electron chi connectivity index (χ0n) is 13.0. The smallest absolute Gasteiger partial charge is 0.246 e. The Balaban J connectivity index is 2.20. The van der Waals surface area contributed by atoms with Crippen LogP contribution in [-0.4, -0.2) is 36.9 Å². The molecule has 5 nitrogen and oxygen atoms in total. The molecular weight excluding hydrogens is 266 g/mol. The van der Waals surface area contributed by atoms with Crippen molar-refractivity contribution < 1.29 is 9.59 Å². The number of rotatable bonds is 5. The van der Waals surface area contributed by atoms with E-state index in [4.69, 9.17) is 0 Å². The molecule has 0 aromatic heterocycles. The standard InChI is InChI=1S/C16H23N3O2/c1-10(2)9-13(16(21)19(3)4)17-14-11-7-5-6-8-12(11)18-15(14)20/h5-8,10,13-14,17H,9H2,1-4H3,(H,18,20). The SMILES string of the molecule is CC(C)CC(NC1C(=O)Nc2ccccc21)C(=O)N(C)C. The maximum atomic E-state index is 12.3. The lowest BCUT2D eigenvalue weighted by Gasteiger charge is -2.25. The number of carbonyl (C=O) groups is 2. The maximum Gasteiger partial charge on any atom is 0.246 e. The third-order valence-electron chi connectivity index (χ3n) is 3.61. The van der Waals surface area contributed by atoms with Crippen molar-refractivity contribution in [1.82, 2.24) is 10.2 Å². The first kappa shape index (κ1) is 15.5. The van der Waals surface area contributed by atoms with Gasteiger partial charge >= 0.3 is 0 Å². The topological polar surface area (TPSA) is 61.4 Å². The minimum atomic E-state index is -0.464. The van der Waals surface area contributed by atoms with Gasteiger partial charge in [-0.2, -0.15) is 0 Å². The molecule has 0 saturated carbocycles. The first-order valence-electron chi connectivity index (χ1n) is 7.27. The number of hydrogen-bond donors (Lipinski definition) is 2. The summed E-state index contributed by atoms with van der Waals surface area (Å²) in [5.74, 6) is 0.267. The van der Waals surface area contributed by atoms with Gasteiger partial charge in [0.15, 0.2) is 0 Å². The average molecular weight is 289 g/mol. The van der Waals surface area contributed by atoms with E-state index < -0.39 is 6.04 Å². The van der Waals surface area contributed by atoms with Gasteiger partial charge in [-0.05, 0) is 18.4 Å². The van der Waals surface area contributed by atoms with Crippen molar-refractivity contribution in [2.45, 2.75) is 32.4 Å². The van der Waals surface area contributed by atoms with Gasteiger partial charge in [-0.1, -0.05) is 32.0 Å². The number of para-hydroxylation sites is 1. The first-order chi connectivity index (χ1) is 9.90. The summed E-state index contributed by atoms with van der Waals surface area (Å²) in [4.78, 5) is 26.0. The number of nitrogens with one attached hydrogen (secondary N) is 2. The fraction of sp³-hybridized carbons (Fsp3) is 0.500. The number of amides is 2. The predicted octanol–water partition coefficient (Wildman–Crippen LogP) is 1.77. The zero-order valence-corrected chi connectivity index (χ0v) is 13.0. The van der Waals surface area contributed by atoms with Crippen molar-refractivity contribution in [3.63, 3.8) is 0 Å². The van der Waals surface area contributed by atoms with Crippen molar-refractivity contribution in [3.05, 3.63) is 29.8 Å². The van der Waals surface area contributed by atoms with Crippen LogP contribution in [0.3, 0.4) is 0 Å². The lowest BCUT2D eigenvalue weighted by molar-refractivity contribution is -0.131. The van der Waals surface area contributed by atoms with Gasteiger partial charge in [0.1, 0.15) is 6.04 Å². The lowest BCUT2D eigenvalue weighted by atomic mass is 10.00. The van der Waals surface area contributed by atoms with Crippen molar-refractivity contribution in [2.24, 2.45) is 5.92 Å². The van der Waals surface area contributed by atoms with E-state index in [9.17, 15) is 9.59 Å². The van der Waals surface area contributed by atoms with Crippen molar-refractivity contribution in [3.8, 4) is 0 Å². The largest absolute Gasteiger partial charge is 0.347 e. The third-order valence-corrected chi connectivity index (χ3v) is 3.61. The van der Waals surface area contributed by atoms with E-state index in [1.807, 2.05) is 24.3 Å². The summed E-state index contributed by atoms with van der Waals surface area (Å²) < 4.78 is 0. The average Bonchev–Trinajstić information content (AvgIpc) is 2.73. The van der Waals surface area contributed by atoms with Crippen LogP contribution >= 0.6 is 0 Å². The molecule has 1 heterocycles. The van der Waals surface area contributed by atoms with Crippen LogP contribution in [0.4, 0.5) is 5.69 Å². The zero-order chi connectivity index (χ0) is 15.6. The highest BCUT2D eigenvalue weighted by Crippen LogP contribution is 2.31. The Kier molecular flexibility index (Phi) is 4.63. The number of fused-ring (bicyclic) bond motifs is 1. The van der Waals surface area contributed by atoms with E-state index in [2.05, 4.69) is 24.5 Å². The molecule has 0 saturated heterocycles. The molecule has 2 N–H and O–H groups in total. The van der Waals surface area contributed by atoms with Gasteiger partial charge in [-0.15, -0.1) is 0 Å². The first-order valence-corrected chi connectivity index (χ1v) is 7.27. The summed E-state index contributed by atoms with van der Waals surface area (Å²) in [6.07, 6.45) is 0.697. The highest BCUT2D eigenvalue weighted by atomic mass is 16.2. The van der Waals surface area contributed by atoms with Crippen molar-refractivity contribution in [1.29, 1.82) is 0 Å². The summed E-state index contributed by atoms with van der Waals surface area (Å²) in [7, 11) is 3.47. The van der Waals surface area contributed by atoms with Crippen LogP contribution < -0.4 is 10.6 Å². The van der Waals surface area contributed by atoms with Gasteiger partial charge in [-0.3, -0.25) is 14.9 Å². The molecule has 0 spiro atoms. The second kappa shape index (κ2) is 6.26. The highest BCUT2D eigenvalue weighted by Gasteiger charge is 2.34. The Morgan fingerprint density at radius 1 is 1.33 bits per heavy atom. The molecule has 2 unspecified atom stereocenters. The maximum absolute atomic E-state index is 12.3. The van der Waals surface area contributed by atoms with E-state index in [1.54, 1.807) is 19.0 Å². The quantitative estimate of drug-likeness (QED) is 0.868. The number of hydrogen-bond acceptors (Lipinski definition) is 3. The lowest BCUT2D eigenvalue weighted by Crippen LogP contribution is -2.47. The summed E-state index contributed by atoms with van der Waals surface area (Å²) >= 11 is 0. The Bertz CT molecular complexity index is 540. The summed E-state index contributed by atoms with van der Waals surface area (Å²) in [5.41, 5.74) is 1.73. The minimum Gasteiger partial charge on any atom is -0.347 e. The second-order valence-electron chi connectivity index (χ2n) is 6.09. The predicted molar refractivity (Wildman–Crippen MR) is 82.9 cm³/mol. The Hall–Kier alpha value is -1.88. The molecule has 2 atom stereocenters. The van der Waals surface area contributed by atoms with Crippen LogP contribution in [0, 0.1) is 5.92 Å². The Labute approximate surface area is 125 Å². The Morgan fingerprint density at radius 2 is 2.00 bits per heavy atom. The van der Waals surface area contributed by atoms with Crippen LogP contribution in [0.5, 0.6) is 0 Å². The molecule has 1 aromatic carbocycles. The number of nitrogens with zero attached hydrogens (tertiary/aromatic N) is 1. The van der Waals surface area contributed by atoms with E-state index in [0.717, 1.165) is 11.3 Å². The molecule has 1 aliphatic rings. The second-order valence-corrected chi connectivity index (χ2v) is 6.09. The molecule has 5 heteroatoms. The van der Waals surface area contributed by atoms with Gasteiger partial charge in [-0.25, -0.2) is 0 Å². The number of likely N-dealkylation sites (N-methyl/N-ethyl adjacent to an activating group) is 1. The molecule has 0 aliphatic carbocycles. The van der Waals surface area contributed by atoms with Crippen molar-refractivity contribution >= 4 is 17.5 Å². The van der Waals surface area contributed by atoms with E-state index in [-0.39, 0.29) is 17.9 Å². The molecule has 1 aliphatic heterocycles. The van der Waals surface area contributed by atoms with Gasteiger partial charge in [0.2, 0.25) is 11.8 Å². The van der Waals surface area contributed by atoms with E-state index in [0.29, 0.717) is 12.3 Å². The number of carbonyl (C=O) groups excluding carboxylic acids is 2. The molecule has 0 bridgehead atoms. The Morgan fingerprint density at radius 3 is 2.62 bits per heavy atom. The number of benzene rings is 1. The van der Waals surface area contributed by atoms with Crippen LogP contribution in [0.15, 0.2) is 24.3 Å². The summed E-state index contributed by atoms with van der Waals surface area (Å²) in [5, 5.41) is 6.08. The van der Waals surface area contributed by atoms with E-state index >= 15 is 0 Å². The molecule has 114 valence electrons. The number of anilines is 1. The summed E-state index contributed by atoms with van der Waals surface area (Å²) in [6.45, 7) is 4.14. The fourth-order valence-electron chi connectivity index (χ4n) is 2.60. The highest BCUT2D eigenvalue weighted by molar-refractivity contribution is 6.02. The van der Waals surface area contributed by atoms with Gasteiger partial charge < -0.3 is 10.2 Å². The molecule has 2 rings (SSSR count). The third kappa shape index (κ3) is 3.42. The minimum absolute atomic E-state index is 0.000816. The molecule has 0 fully saturated rings. The van der Waals surface area contributed by atoms with Crippen LogP contribution in [0.2, 0.25) is 0 Å². The van der Waals surface area contributed by atoms with Crippen LogP contribution in [-0.2, 0) is 9.59 Å².